The molecule has 0 heterocycles. The van der Waals surface area contributed by atoms with Crippen LogP contribution < -0.4 is 10.1 Å². The molecule has 0 aromatic heterocycles. The molecule has 0 fully saturated rings. The largest absolute Gasteiger partial charge is 0.497 e. The maximum absolute atomic E-state index is 13.8. The summed E-state index contributed by atoms with van der Waals surface area (Å²) in [6.45, 7) is 4.23. The highest BCUT2D eigenvalue weighted by atomic mass is 79.9. The first kappa shape index (κ1) is 19.4. The maximum atomic E-state index is 13.8. The molecule has 2 rings (SSSR count). The van der Waals surface area contributed by atoms with Crippen LogP contribution in [0.3, 0.4) is 0 Å². The van der Waals surface area contributed by atoms with Gasteiger partial charge in [0.25, 0.3) is 0 Å². The molecule has 25 heavy (non-hydrogen) atoms. The molecule has 0 saturated carbocycles. The molecule has 0 spiro atoms. The molecule has 134 valence electrons. The molecule has 0 aliphatic heterocycles. The van der Waals surface area contributed by atoms with Crippen LogP contribution in [0, 0.1) is 5.82 Å². The van der Waals surface area contributed by atoms with E-state index in [1.54, 1.807) is 19.2 Å². The van der Waals surface area contributed by atoms with Gasteiger partial charge in [0.05, 0.1) is 12.8 Å². The number of nitrogens with zero attached hydrogens (tertiary/aromatic N) is 1. The number of nitrogens with one attached hydrogen (secondary N) is 1. The molecule has 6 heteroatoms. The second-order valence-corrected chi connectivity index (χ2v) is 6.55. The van der Waals surface area contributed by atoms with Crippen LogP contribution in [-0.4, -0.2) is 31.0 Å². The van der Waals surface area contributed by atoms with Gasteiger partial charge in [0, 0.05) is 24.0 Å². The SMILES string of the molecule is CCN(CCC(=O)Nc1ccc(Br)cc1F)Cc1ccc(OC)cc1. The first-order valence-corrected chi connectivity index (χ1v) is 8.91. The van der Waals surface area contributed by atoms with Gasteiger partial charge in [-0.25, -0.2) is 4.39 Å². The van der Waals surface area contributed by atoms with Crippen molar-refractivity contribution in [2.24, 2.45) is 0 Å². The van der Waals surface area contributed by atoms with E-state index in [0.717, 1.165) is 24.4 Å². The highest BCUT2D eigenvalue weighted by molar-refractivity contribution is 9.10. The van der Waals surface area contributed by atoms with Gasteiger partial charge < -0.3 is 10.1 Å². The lowest BCUT2D eigenvalue weighted by Gasteiger charge is -2.20. The number of anilines is 1. The average Bonchev–Trinajstić information content (AvgIpc) is 2.61. The molecule has 1 amide bonds. The van der Waals surface area contributed by atoms with Gasteiger partial charge in [-0.3, -0.25) is 9.69 Å². The summed E-state index contributed by atoms with van der Waals surface area (Å²) in [5.41, 5.74) is 1.36. The number of carbonyl (C=O) groups is 1. The van der Waals surface area contributed by atoms with Crippen LogP contribution in [0.1, 0.15) is 18.9 Å². The Hall–Kier alpha value is -1.92. The van der Waals surface area contributed by atoms with Crippen molar-refractivity contribution in [1.82, 2.24) is 4.90 Å². The van der Waals surface area contributed by atoms with E-state index in [9.17, 15) is 9.18 Å². The first-order chi connectivity index (χ1) is 12.0. The number of hydrogen-bond acceptors (Lipinski definition) is 3. The minimum absolute atomic E-state index is 0.200. The standard InChI is InChI=1S/C19H22BrFN2O2/c1-3-23(13-14-4-7-16(25-2)8-5-14)11-10-19(24)22-18-9-6-15(20)12-17(18)21/h4-9,12H,3,10-11,13H2,1-2H3,(H,22,24). The number of halogens is 2. The Morgan fingerprint density at radius 3 is 2.56 bits per heavy atom. The zero-order chi connectivity index (χ0) is 18.2. The van der Waals surface area contributed by atoms with Gasteiger partial charge in [-0.05, 0) is 42.4 Å². The molecule has 0 aliphatic rings. The minimum atomic E-state index is -0.451. The summed E-state index contributed by atoms with van der Waals surface area (Å²) in [7, 11) is 1.64. The fraction of sp³-hybridized carbons (Fsp3) is 0.316. The zero-order valence-corrected chi connectivity index (χ0v) is 16.0. The van der Waals surface area contributed by atoms with Crippen LogP contribution in [0.5, 0.6) is 5.75 Å². The van der Waals surface area contributed by atoms with Gasteiger partial charge in [-0.15, -0.1) is 0 Å². The van der Waals surface area contributed by atoms with Crippen LogP contribution >= 0.6 is 15.9 Å². The van der Waals surface area contributed by atoms with E-state index in [1.807, 2.05) is 24.3 Å². The van der Waals surface area contributed by atoms with E-state index in [-0.39, 0.29) is 11.6 Å². The summed E-state index contributed by atoms with van der Waals surface area (Å²) in [6.07, 6.45) is 0.305. The fourth-order valence-electron chi connectivity index (χ4n) is 2.40. The highest BCUT2D eigenvalue weighted by Gasteiger charge is 2.10. The van der Waals surface area contributed by atoms with Crippen LogP contribution in [0.2, 0.25) is 0 Å². The molecular weight excluding hydrogens is 387 g/mol. The van der Waals surface area contributed by atoms with Crippen molar-refractivity contribution in [1.29, 1.82) is 0 Å². The number of benzene rings is 2. The topological polar surface area (TPSA) is 41.6 Å². The Labute approximate surface area is 156 Å². The van der Waals surface area contributed by atoms with Gasteiger partial charge in [0.2, 0.25) is 5.91 Å². The molecule has 0 saturated heterocycles. The van der Waals surface area contributed by atoms with Gasteiger partial charge in [-0.2, -0.15) is 0 Å². The van der Waals surface area contributed by atoms with Crippen molar-refractivity contribution in [2.75, 3.05) is 25.5 Å². The summed E-state index contributed by atoms with van der Waals surface area (Å²) in [5, 5.41) is 2.62. The first-order valence-electron chi connectivity index (χ1n) is 8.12. The number of hydrogen-bond donors (Lipinski definition) is 1. The smallest absolute Gasteiger partial charge is 0.225 e. The summed E-state index contributed by atoms with van der Waals surface area (Å²) in [6, 6.07) is 12.4. The predicted molar refractivity (Wildman–Crippen MR) is 101 cm³/mol. The minimum Gasteiger partial charge on any atom is -0.497 e. The molecule has 1 N–H and O–H groups in total. The predicted octanol–water partition coefficient (Wildman–Crippen LogP) is 4.45. The number of ether oxygens (including phenoxy) is 1. The lowest BCUT2D eigenvalue weighted by molar-refractivity contribution is -0.116. The maximum Gasteiger partial charge on any atom is 0.225 e. The molecule has 2 aromatic rings. The van der Waals surface area contributed by atoms with Crippen LogP contribution in [0.4, 0.5) is 10.1 Å². The number of methoxy groups -OCH3 is 1. The van der Waals surface area contributed by atoms with Gasteiger partial charge in [0.15, 0.2) is 0 Å². The van der Waals surface area contributed by atoms with Gasteiger partial charge >= 0.3 is 0 Å². The normalized spacial score (nSPS) is 10.8. The third-order valence-corrected chi connectivity index (χ3v) is 4.37. The molecule has 2 aromatic carbocycles. The van der Waals surface area contributed by atoms with E-state index in [4.69, 9.17) is 4.74 Å². The van der Waals surface area contributed by atoms with Crippen LogP contribution in [-0.2, 0) is 11.3 Å². The number of rotatable bonds is 8. The lowest BCUT2D eigenvalue weighted by Crippen LogP contribution is -2.27. The van der Waals surface area contributed by atoms with Gasteiger partial charge in [-0.1, -0.05) is 35.0 Å². The molecule has 4 nitrogen and oxygen atoms in total. The Morgan fingerprint density at radius 1 is 1.24 bits per heavy atom. The second kappa shape index (κ2) is 9.53. The van der Waals surface area contributed by atoms with Crippen molar-refractivity contribution in [3.8, 4) is 5.75 Å². The Bertz CT molecular complexity index is 707. The van der Waals surface area contributed by atoms with Crippen molar-refractivity contribution in [3.63, 3.8) is 0 Å². The number of carbonyl (C=O) groups excluding carboxylic acids is 1. The third-order valence-electron chi connectivity index (χ3n) is 3.87. The molecule has 0 aliphatic carbocycles. The second-order valence-electron chi connectivity index (χ2n) is 5.64. The molecule has 0 atom stereocenters. The summed E-state index contributed by atoms with van der Waals surface area (Å²) in [4.78, 5) is 14.2. The Kier molecular flexibility index (Phi) is 7.40. The van der Waals surface area contributed by atoms with E-state index >= 15 is 0 Å². The van der Waals surface area contributed by atoms with Crippen LogP contribution in [0.15, 0.2) is 46.9 Å². The Morgan fingerprint density at radius 2 is 1.96 bits per heavy atom. The van der Waals surface area contributed by atoms with Crippen LogP contribution in [0.25, 0.3) is 0 Å². The monoisotopic (exact) mass is 408 g/mol. The molecular formula is C19H22BrFN2O2. The van der Waals surface area contributed by atoms with Crippen molar-refractivity contribution < 1.29 is 13.9 Å². The van der Waals surface area contributed by atoms with E-state index in [2.05, 4.69) is 33.1 Å². The quantitative estimate of drug-likeness (QED) is 0.701. The van der Waals surface area contributed by atoms with Gasteiger partial charge in [0.1, 0.15) is 11.6 Å². The van der Waals surface area contributed by atoms with E-state index < -0.39 is 5.82 Å². The Balaban J connectivity index is 1.85. The molecule has 0 unspecified atom stereocenters. The van der Waals surface area contributed by atoms with Crippen molar-refractivity contribution in [2.45, 2.75) is 19.9 Å². The highest BCUT2D eigenvalue weighted by Crippen LogP contribution is 2.19. The fourth-order valence-corrected chi connectivity index (χ4v) is 2.73. The summed E-state index contributed by atoms with van der Waals surface area (Å²) >= 11 is 3.19. The molecule has 0 radical (unpaired) electrons. The molecule has 0 bridgehead atoms. The van der Waals surface area contributed by atoms with E-state index in [0.29, 0.717) is 17.4 Å². The van der Waals surface area contributed by atoms with Crippen molar-refractivity contribution in [3.05, 3.63) is 58.3 Å². The summed E-state index contributed by atoms with van der Waals surface area (Å²) < 4.78 is 19.6. The van der Waals surface area contributed by atoms with E-state index in [1.165, 1.54) is 6.07 Å². The zero-order valence-electron chi connectivity index (χ0n) is 14.4. The average molecular weight is 409 g/mol. The third kappa shape index (κ3) is 6.14. The summed E-state index contributed by atoms with van der Waals surface area (Å²) in [5.74, 6) is 0.172. The van der Waals surface area contributed by atoms with Crippen molar-refractivity contribution >= 4 is 27.5 Å². The number of amides is 1. The lowest BCUT2D eigenvalue weighted by atomic mass is 10.2.